The molecule has 0 aromatic heterocycles. The molecular formula is C20H25F2IN4O. The van der Waals surface area contributed by atoms with E-state index < -0.39 is 11.6 Å². The molecule has 0 aliphatic carbocycles. The van der Waals surface area contributed by atoms with Gasteiger partial charge in [0.25, 0.3) is 5.91 Å². The zero-order chi connectivity index (χ0) is 19.8. The Hall–Kier alpha value is -2.23. The fourth-order valence-electron chi connectivity index (χ4n) is 2.52. The fraction of sp³-hybridized carbons (Fsp3) is 0.300. The van der Waals surface area contributed by atoms with Crippen molar-refractivity contribution in [2.24, 2.45) is 4.99 Å². The molecule has 0 aliphatic rings. The Balaban J connectivity index is 0.00000392. The lowest BCUT2D eigenvalue weighted by atomic mass is 10.1. The Bertz CT molecular complexity index is 828. The predicted molar refractivity (Wildman–Crippen MR) is 118 cm³/mol. The second-order valence-corrected chi connectivity index (χ2v) is 6.24. The average Bonchev–Trinajstić information content (AvgIpc) is 2.66. The van der Waals surface area contributed by atoms with Crippen LogP contribution in [0.3, 0.4) is 0 Å². The molecule has 8 heteroatoms. The van der Waals surface area contributed by atoms with Crippen molar-refractivity contribution in [3.8, 4) is 0 Å². The molecule has 0 saturated carbocycles. The van der Waals surface area contributed by atoms with Gasteiger partial charge in [-0.3, -0.25) is 9.79 Å². The third kappa shape index (κ3) is 7.06. The summed E-state index contributed by atoms with van der Waals surface area (Å²) in [6.07, 6.45) is 0.684. The van der Waals surface area contributed by atoms with Crippen molar-refractivity contribution < 1.29 is 13.6 Å². The van der Waals surface area contributed by atoms with Gasteiger partial charge in [0.05, 0.1) is 0 Å². The van der Waals surface area contributed by atoms with E-state index in [1.165, 1.54) is 4.90 Å². The van der Waals surface area contributed by atoms with Crippen molar-refractivity contribution in [3.05, 3.63) is 70.8 Å². The molecule has 2 rings (SSSR count). The van der Waals surface area contributed by atoms with Crippen molar-refractivity contribution in [1.29, 1.82) is 0 Å². The maximum absolute atomic E-state index is 13.7. The quantitative estimate of drug-likeness (QED) is 0.363. The third-order valence-electron chi connectivity index (χ3n) is 3.96. The highest BCUT2D eigenvalue weighted by molar-refractivity contribution is 14.0. The molecule has 2 aromatic rings. The topological polar surface area (TPSA) is 56.7 Å². The first-order valence-corrected chi connectivity index (χ1v) is 8.59. The van der Waals surface area contributed by atoms with E-state index in [1.807, 2.05) is 18.2 Å². The number of hydrogen-bond acceptors (Lipinski definition) is 2. The first-order chi connectivity index (χ1) is 12.9. The minimum Gasteiger partial charge on any atom is -0.356 e. The Morgan fingerprint density at radius 3 is 2.54 bits per heavy atom. The number of carbonyl (C=O) groups excluding carboxylic acids is 1. The molecule has 5 nitrogen and oxygen atoms in total. The Morgan fingerprint density at radius 1 is 1.11 bits per heavy atom. The lowest BCUT2D eigenvalue weighted by molar-refractivity contribution is 0.0827. The molecule has 28 heavy (non-hydrogen) atoms. The van der Waals surface area contributed by atoms with E-state index in [2.05, 4.69) is 15.6 Å². The number of amides is 1. The highest BCUT2D eigenvalue weighted by Gasteiger charge is 2.08. The molecule has 0 atom stereocenters. The molecule has 2 N–H and O–H groups in total. The molecule has 0 unspecified atom stereocenters. The van der Waals surface area contributed by atoms with Gasteiger partial charge in [0.2, 0.25) is 0 Å². The SMILES string of the molecule is CN=C(NCCc1cccc(C(=O)N(C)C)c1)NCc1cc(F)ccc1F.I. The van der Waals surface area contributed by atoms with Crippen molar-refractivity contribution in [3.63, 3.8) is 0 Å². The molecular weight excluding hydrogens is 477 g/mol. The van der Waals surface area contributed by atoms with Crippen LogP contribution >= 0.6 is 24.0 Å². The minimum absolute atomic E-state index is 0. The fourth-order valence-corrected chi connectivity index (χ4v) is 2.52. The number of hydrogen-bond donors (Lipinski definition) is 2. The lowest BCUT2D eigenvalue weighted by Crippen LogP contribution is -2.38. The lowest BCUT2D eigenvalue weighted by Gasteiger charge is -2.13. The standard InChI is InChI=1S/C20H24F2N4O.HI/c1-23-20(25-13-16-12-17(21)7-8-18(16)22)24-10-9-14-5-4-6-15(11-14)19(27)26(2)3;/h4-8,11-12H,9-10,13H2,1-3H3,(H2,23,24,25);1H. The van der Waals surface area contributed by atoms with Gasteiger partial charge in [-0.1, -0.05) is 12.1 Å². The maximum Gasteiger partial charge on any atom is 0.253 e. The van der Waals surface area contributed by atoms with Gasteiger partial charge in [-0.25, -0.2) is 8.78 Å². The van der Waals surface area contributed by atoms with Crippen LogP contribution in [0.25, 0.3) is 0 Å². The molecule has 152 valence electrons. The van der Waals surface area contributed by atoms with Crippen LogP contribution in [0.5, 0.6) is 0 Å². The normalized spacial score (nSPS) is 10.8. The van der Waals surface area contributed by atoms with Gasteiger partial charge in [-0.05, 0) is 42.3 Å². The molecule has 0 saturated heterocycles. The summed E-state index contributed by atoms with van der Waals surface area (Å²) in [7, 11) is 5.04. The van der Waals surface area contributed by atoms with Gasteiger partial charge in [-0.15, -0.1) is 24.0 Å². The zero-order valence-electron chi connectivity index (χ0n) is 16.1. The smallest absolute Gasteiger partial charge is 0.253 e. The number of guanidine groups is 1. The molecule has 0 fully saturated rings. The molecule has 1 amide bonds. The summed E-state index contributed by atoms with van der Waals surface area (Å²) in [6, 6.07) is 10.8. The van der Waals surface area contributed by atoms with Crippen LogP contribution < -0.4 is 10.6 Å². The van der Waals surface area contributed by atoms with Crippen LogP contribution in [0.2, 0.25) is 0 Å². The molecule has 0 radical (unpaired) electrons. The first-order valence-electron chi connectivity index (χ1n) is 8.59. The van der Waals surface area contributed by atoms with E-state index in [9.17, 15) is 13.6 Å². The van der Waals surface area contributed by atoms with Gasteiger partial charge in [-0.2, -0.15) is 0 Å². The highest BCUT2D eigenvalue weighted by atomic mass is 127. The van der Waals surface area contributed by atoms with Crippen LogP contribution in [-0.2, 0) is 13.0 Å². The van der Waals surface area contributed by atoms with Crippen molar-refractivity contribution in [1.82, 2.24) is 15.5 Å². The Morgan fingerprint density at radius 2 is 1.86 bits per heavy atom. The van der Waals surface area contributed by atoms with Gasteiger partial charge in [0, 0.05) is 45.4 Å². The highest BCUT2D eigenvalue weighted by Crippen LogP contribution is 2.09. The van der Waals surface area contributed by atoms with Crippen LogP contribution in [0.1, 0.15) is 21.5 Å². The minimum atomic E-state index is -0.483. The monoisotopic (exact) mass is 502 g/mol. The van der Waals surface area contributed by atoms with Gasteiger partial charge < -0.3 is 15.5 Å². The van der Waals surface area contributed by atoms with Crippen LogP contribution in [0, 0.1) is 11.6 Å². The van der Waals surface area contributed by atoms with E-state index in [-0.39, 0.29) is 42.0 Å². The van der Waals surface area contributed by atoms with E-state index in [1.54, 1.807) is 27.2 Å². The molecule has 2 aromatic carbocycles. The summed E-state index contributed by atoms with van der Waals surface area (Å²) >= 11 is 0. The number of benzene rings is 2. The number of carbonyl (C=O) groups is 1. The first kappa shape index (κ1) is 23.8. The van der Waals surface area contributed by atoms with Crippen molar-refractivity contribution in [2.45, 2.75) is 13.0 Å². The predicted octanol–water partition coefficient (Wildman–Crippen LogP) is 3.19. The number of nitrogens with zero attached hydrogens (tertiary/aromatic N) is 2. The second kappa shape index (κ2) is 11.6. The number of aliphatic imine (C=N–C) groups is 1. The van der Waals surface area contributed by atoms with E-state index in [0.717, 1.165) is 23.8 Å². The summed E-state index contributed by atoms with van der Waals surface area (Å²) in [5, 5.41) is 6.08. The van der Waals surface area contributed by atoms with E-state index >= 15 is 0 Å². The number of nitrogens with one attached hydrogen (secondary N) is 2. The van der Waals surface area contributed by atoms with E-state index in [4.69, 9.17) is 0 Å². The summed E-state index contributed by atoms with van der Waals surface area (Å²) < 4.78 is 26.9. The summed E-state index contributed by atoms with van der Waals surface area (Å²) in [6.45, 7) is 0.695. The van der Waals surface area contributed by atoms with Crippen molar-refractivity contribution in [2.75, 3.05) is 27.7 Å². The number of rotatable bonds is 6. The van der Waals surface area contributed by atoms with Gasteiger partial charge in [0.1, 0.15) is 11.6 Å². The molecule has 0 aliphatic heterocycles. The molecule has 0 heterocycles. The van der Waals surface area contributed by atoms with Crippen LogP contribution in [-0.4, -0.2) is 44.5 Å². The largest absolute Gasteiger partial charge is 0.356 e. The van der Waals surface area contributed by atoms with E-state index in [0.29, 0.717) is 24.5 Å². The van der Waals surface area contributed by atoms with Crippen LogP contribution in [0.15, 0.2) is 47.5 Å². The summed E-state index contributed by atoms with van der Waals surface area (Å²) in [4.78, 5) is 17.6. The molecule has 0 bridgehead atoms. The summed E-state index contributed by atoms with van der Waals surface area (Å²) in [5.41, 5.74) is 1.89. The maximum atomic E-state index is 13.7. The Kier molecular flexibility index (Phi) is 9.84. The second-order valence-electron chi connectivity index (χ2n) is 6.24. The average molecular weight is 502 g/mol. The number of halogens is 3. The van der Waals surface area contributed by atoms with Gasteiger partial charge in [0.15, 0.2) is 5.96 Å². The summed E-state index contributed by atoms with van der Waals surface area (Å²) in [5.74, 6) is -0.511. The Labute approximate surface area is 181 Å². The molecule has 0 spiro atoms. The van der Waals surface area contributed by atoms with Crippen LogP contribution in [0.4, 0.5) is 8.78 Å². The zero-order valence-corrected chi connectivity index (χ0v) is 18.5. The van der Waals surface area contributed by atoms with Gasteiger partial charge >= 0.3 is 0 Å². The van der Waals surface area contributed by atoms with Crippen molar-refractivity contribution >= 4 is 35.8 Å². The third-order valence-corrected chi connectivity index (χ3v) is 3.96.